The fraction of sp³-hybridized carbons (Fsp3) is 0.571. The van der Waals surface area contributed by atoms with Gasteiger partial charge in [-0.25, -0.2) is 0 Å². The van der Waals surface area contributed by atoms with Crippen LogP contribution < -0.4 is 0 Å². The Balaban J connectivity index is 1.36. The zero-order valence-electron chi connectivity index (χ0n) is 15.2. The lowest BCUT2D eigenvalue weighted by Crippen LogP contribution is -2.47. The number of carbonyl (C=O) groups is 3. The molecular weight excluding hydrogens is 328 g/mol. The van der Waals surface area contributed by atoms with Gasteiger partial charge in [0.15, 0.2) is 0 Å². The summed E-state index contributed by atoms with van der Waals surface area (Å²) < 4.78 is 0. The van der Waals surface area contributed by atoms with E-state index in [1.54, 1.807) is 6.07 Å². The topological polar surface area (TPSA) is 57.7 Å². The quantitative estimate of drug-likeness (QED) is 0.784. The molecule has 2 aliphatic heterocycles. The summed E-state index contributed by atoms with van der Waals surface area (Å²) in [5, 5.41) is 0. The molecule has 0 spiro atoms. The van der Waals surface area contributed by atoms with E-state index in [4.69, 9.17) is 0 Å². The largest absolute Gasteiger partial charge is 0.342 e. The van der Waals surface area contributed by atoms with Gasteiger partial charge in [-0.15, -0.1) is 0 Å². The van der Waals surface area contributed by atoms with Gasteiger partial charge in [0.25, 0.3) is 5.91 Å². The number of amides is 3. The fourth-order valence-corrected chi connectivity index (χ4v) is 4.82. The SMILES string of the molecule is O=C(CCN1C(=O)Cc2ccccc2C1=O)N1CC[C@@H]2CCCC[C@H]2C1. The zero-order valence-corrected chi connectivity index (χ0v) is 15.2. The van der Waals surface area contributed by atoms with Crippen LogP contribution in [0.5, 0.6) is 0 Å². The highest BCUT2D eigenvalue weighted by molar-refractivity contribution is 6.09. The van der Waals surface area contributed by atoms with Crippen LogP contribution in [-0.2, 0) is 16.0 Å². The molecule has 2 atom stereocenters. The Kier molecular flexibility index (Phi) is 4.79. The molecule has 3 amide bonds. The van der Waals surface area contributed by atoms with Crippen molar-refractivity contribution in [1.82, 2.24) is 9.80 Å². The van der Waals surface area contributed by atoms with Gasteiger partial charge in [0, 0.05) is 31.6 Å². The Hall–Kier alpha value is -2.17. The van der Waals surface area contributed by atoms with E-state index in [2.05, 4.69) is 0 Å². The van der Waals surface area contributed by atoms with Gasteiger partial charge in [0.1, 0.15) is 0 Å². The third-order valence-electron chi connectivity index (χ3n) is 6.33. The van der Waals surface area contributed by atoms with Gasteiger partial charge in [-0.3, -0.25) is 19.3 Å². The van der Waals surface area contributed by atoms with Gasteiger partial charge in [-0.1, -0.05) is 37.5 Å². The molecule has 1 aromatic carbocycles. The fourth-order valence-electron chi connectivity index (χ4n) is 4.82. The summed E-state index contributed by atoms with van der Waals surface area (Å²) in [6.07, 6.45) is 6.72. The monoisotopic (exact) mass is 354 g/mol. The molecule has 0 unspecified atom stereocenters. The van der Waals surface area contributed by atoms with Crippen molar-refractivity contribution in [1.29, 1.82) is 0 Å². The van der Waals surface area contributed by atoms with Crippen molar-refractivity contribution in [3.05, 3.63) is 35.4 Å². The van der Waals surface area contributed by atoms with Gasteiger partial charge in [-0.2, -0.15) is 0 Å². The van der Waals surface area contributed by atoms with Crippen molar-refractivity contribution >= 4 is 17.7 Å². The number of likely N-dealkylation sites (tertiary alicyclic amines) is 1. The summed E-state index contributed by atoms with van der Waals surface area (Å²) >= 11 is 0. The summed E-state index contributed by atoms with van der Waals surface area (Å²) in [5.41, 5.74) is 1.37. The summed E-state index contributed by atoms with van der Waals surface area (Å²) in [5.74, 6) is 1.04. The maximum absolute atomic E-state index is 12.7. The third kappa shape index (κ3) is 3.27. The minimum Gasteiger partial charge on any atom is -0.342 e. The molecule has 0 bridgehead atoms. The van der Waals surface area contributed by atoms with Crippen LogP contribution >= 0.6 is 0 Å². The third-order valence-corrected chi connectivity index (χ3v) is 6.33. The number of rotatable bonds is 3. The van der Waals surface area contributed by atoms with Crippen LogP contribution in [-0.4, -0.2) is 47.2 Å². The van der Waals surface area contributed by atoms with E-state index in [0.717, 1.165) is 31.0 Å². The normalized spacial score (nSPS) is 25.7. The number of carbonyl (C=O) groups excluding carboxylic acids is 3. The first kappa shape index (κ1) is 17.3. The van der Waals surface area contributed by atoms with Crippen molar-refractivity contribution in [2.45, 2.75) is 44.9 Å². The van der Waals surface area contributed by atoms with Crippen LogP contribution in [0.3, 0.4) is 0 Å². The van der Waals surface area contributed by atoms with Gasteiger partial charge in [0.2, 0.25) is 11.8 Å². The Bertz CT molecular complexity index is 730. The number of benzene rings is 1. The van der Waals surface area contributed by atoms with E-state index in [9.17, 15) is 14.4 Å². The minimum atomic E-state index is -0.268. The molecule has 1 aromatic rings. The lowest BCUT2D eigenvalue weighted by atomic mass is 9.75. The number of hydrogen-bond donors (Lipinski definition) is 0. The van der Waals surface area contributed by atoms with Crippen LogP contribution in [0.2, 0.25) is 0 Å². The Morgan fingerprint density at radius 2 is 1.81 bits per heavy atom. The first-order valence-corrected chi connectivity index (χ1v) is 9.84. The molecule has 5 nitrogen and oxygen atoms in total. The van der Waals surface area contributed by atoms with E-state index in [-0.39, 0.29) is 37.1 Å². The highest BCUT2D eigenvalue weighted by Gasteiger charge is 2.34. The molecule has 0 N–H and O–H groups in total. The molecule has 0 radical (unpaired) electrons. The molecule has 4 rings (SSSR count). The number of piperidine rings is 1. The first-order valence-electron chi connectivity index (χ1n) is 9.84. The average Bonchev–Trinajstić information content (AvgIpc) is 2.67. The molecule has 5 heteroatoms. The molecule has 0 aromatic heterocycles. The van der Waals surface area contributed by atoms with Crippen molar-refractivity contribution in [3.63, 3.8) is 0 Å². The van der Waals surface area contributed by atoms with Gasteiger partial charge < -0.3 is 4.90 Å². The molecule has 26 heavy (non-hydrogen) atoms. The smallest absolute Gasteiger partial charge is 0.260 e. The van der Waals surface area contributed by atoms with Crippen LogP contribution in [0.25, 0.3) is 0 Å². The minimum absolute atomic E-state index is 0.0773. The summed E-state index contributed by atoms with van der Waals surface area (Å²) in [6, 6.07) is 7.23. The van der Waals surface area contributed by atoms with E-state index in [1.807, 2.05) is 23.1 Å². The van der Waals surface area contributed by atoms with E-state index >= 15 is 0 Å². The second kappa shape index (κ2) is 7.22. The summed E-state index contributed by atoms with van der Waals surface area (Å²) in [4.78, 5) is 40.8. The molecule has 1 saturated carbocycles. The van der Waals surface area contributed by atoms with Gasteiger partial charge in [0.05, 0.1) is 6.42 Å². The van der Waals surface area contributed by atoms with Gasteiger partial charge in [-0.05, 0) is 36.3 Å². The second-order valence-electron chi connectivity index (χ2n) is 7.87. The maximum atomic E-state index is 12.7. The van der Waals surface area contributed by atoms with Crippen molar-refractivity contribution < 1.29 is 14.4 Å². The predicted octanol–water partition coefficient (Wildman–Crippen LogP) is 2.64. The zero-order chi connectivity index (χ0) is 18.1. The van der Waals surface area contributed by atoms with E-state index in [1.165, 1.54) is 30.6 Å². The molecule has 138 valence electrons. The average molecular weight is 354 g/mol. The van der Waals surface area contributed by atoms with Crippen molar-refractivity contribution in [2.24, 2.45) is 11.8 Å². The second-order valence-corrected chi connectivity index (χ2v) is 7.87. The Morgan fingerprint density at radius 3 is 2.65 bits per heavy atom. The summed E-state index contributed by atoms with van der Waals surface area (Å²) in [7, 11) is 0. The number of imide groups is 1. The Labute approximate surface area is 154 Å². The van der Waals surface area contributed by atoms with E-state index in [0.29, 0.717) is 11.5 Å². The van der Waals surface area contributed by atoms with Crippen molar-refractivity contribution in [2.75, 3.05) is 19.6 Å². The first-order chi connectivity index (χ1) is 12.6. The molecule has 3 aliphatic rings. The van der Waals surface area contributed by atoms with E-state index < -0.39 is 0 Å². The van der Waals surface area contributed by atoms with Gasteiger partial charge >= 0.3 is 0 Å². The molecule has 1 saturated heterocycles. The molecule has 1 aliphatic carbocycles. The molecule has 2 fully saturated rings. The van der Waals surface area contributed by atoms with Crippen LogP contribution in [0.15, 0.2) is 24.3 Å². The van der Waals surface area contributed by atoms with Crippen LogP contribution in [0.1, 0.15) is 54.4 Å². The molecular formula is C21H26N2O3. The van der Waals surface area contributed by atoms with Crippen LogP contribution in [0, 0.1) is 11.8 Å². The number of fused-ring (bicyclic) bond motifs is 2. The summed E-state index contributed by atoms with van der Waals surface area (Å²) in [6.45, 7) is 1.87. The highest BCUT2D eigenvalue weighted by atomic mass is 16.2. The lowest BCUT2D eigenvalue weighted by Gasteiger charge is -2.41. The number of nitrogens with zero attached hydrogens (tertiary/aromatic N) is 2. The lowest BCUT2D eigenvalue weighted by molar-refractivity contribution is -0.135. The highest BCUT2D eigenvalue weighted by Crippen LogP contribution is 2.36. The molecule has 2 heterocycles. The van der Waals surface area contributed by atoms with Crippen LogP contribution in [0.4, 0.5) is 0 Å². The Morgan fingerprint density at radius 1 is 1.04 bits per heavy atom. The van der Waals surface area contributed by atoms with Crippen molar-refractivity contribution in [3.8, 4) is 0 Å². The number of hydrogen-bond acceptors (Lipinski definition) is 3. The predicted molar refractivity (Wildman–Crippen MR) is 97.5 cm³/mol. The standard InChI is InChI=1S/C21H26N2O3/c24-19(22-11-9-15-5-1-2-7-17(15)14-22)10-12-23-20(25)13-16-6-3-4-8-18(16)21(23)26/h3-4,6,8,15,17H,1-2,5,7,9-14H2/t15-,17-/m0/s1. The maximum Gasteiger partial charge on any atom is 0.260 e.